The van der Waals surface area contributed by atoms with Crippen LogP contribution in [0.25, 0.3) is 0 Å². The Morgan fingerprint density at radius 2 is 1.62 bits per heavy atom. The van der Waals surface area contributed by atoms with Crippen molar-refractivity contribution in [3.63, 3.8) is 0 Å². The molecule has 1 aliphatic rings. The second kappa shape index (κ2) is 15.2. The molecule has 2 amide bonds. The summed E-state index contributed by atoms with van der Waals surface area (Å²) in [6, 6.07) is 17.6. The van der Waals surface area contributed by atoms with Crippen molar-refractivity contribution in [1.82, 2.24) is 10.2 Å². The first kappa shape index (κ1) is 33.6. The van der Waals surface area contributed by atoms with E-state index in [1.165, 1.54) is 37.3 Å². The van der Waals surface area contributed by atoms with Crippen molar-refractivity contribution in [1.29, 1.82) is 0 Å². The molecule has 3 aromatic carbocycles. The molecule has 1 saturated carbocycles. The van der Waals surface area contributed by atoms with Crippen LogP contribution in [0, 0.1) is 6.92 Å². The molecule has 0 heterocycles. The highest BCUT2D eigenvalue weighted by atomic mass is 32.2. The van der Waals surface area contributed by atoms with Crippen LogP contribution in [0.4, 0.5) is 5.69 Å². The molecule has 4 rings (SSSR count). The highest BCUT2D eigenvalue weighted by Crippen LogP contribution is 2.33. The number of aryl methyl sites for hydroxylation is 1. The lowest BCUT2D eigenvalue weighted by atomic mass is 10.1. The van der Waals surface area contributed by atoms with Crippen LogP contribution in [0.15, 0.2) is 71.6 Å². The van der Waals surface area contributed by atoms with E-state index in [1.807, 2.05) is 38.1 Å². The quantitative estimate of drug-likeness (QED) is 0.262. The van der Waals surface area contributed by atoms with Gasteiger partial charge in [0.25, 0.3) is 10.0 Å². The molecule has 242 valence electrons. The van der Waals surface area contributed by atoms with Crippen molar-refractivity contribution in [3.05, 3.63) is 77.9 Å². The van der Waals surface area contributed by atoms with E-state index in [9.17, 15) is 18.0 Å². The number of nitrogens with zero attached hydrogens (tertiary/aromatic N) is 2. The molecular weight excluding hydrogens is 594 g/mol. The smallest absolute Gasteiger partial charge is 0.264 e. The van der Waals surface area contributed by atoms with Gasteiger partial charge in [0.05, 0.1) is 31.4 Å². The van der Waals surface area contributed by atoms with Gasteiger partial charge in [-0.2, -0.15) is 0 Å². The van der Waals surface area contributed by atoms with E-state index in [0.29, 0.717) is 18.1 Å². The zero-order valence-corrected chi connectivity index (χ0v) is 27.4. The third-order valence-corrected chi connectivity index (χ3v) is 9.90. The molecule has 0 aliphatic heterocycles. The van der Waals surface area contributed by atoms with Crippen LogP contribution in [0.3, 0.4) is 0 Å². The first-order chi connectivity index (χ1) is 21.6. The van der Waals surface area contributed by atoms with Crippen LogP contribution in [-0.4, -0.2) is 64.6 Å². The van der Waals surface area contributed by atoms with Crippen molar-refractivity contribution in [2.24, 2.45) is 0 Å². The number of sulfonamides is 1. The molecule has 0 bridgehead atoms. The molecule has 0 unspecified atom stereocenters. The van der Waals surface area contributed by atoms with Gasteiger partial charge in [0, 0.05) is 18.7 Å². The standard InChI is InChI=1S/C34H43N3O7S/c1-6-44-29-17-15-28(16-18-29)37(45(40,41)30-19-20-31(42-4)32(21-30)43-5)23-33(38)36(22-26-12-8-7-11-24(26)2)25(3)34(39)35-27-13-9-10-14-27/h7-8,11-12,15-21,25,27H,6,9-10,13-14,22-23H2,1-5H3,(H,35,39)/t25-/m1/s1. The number of amides is 2. The number of nitrogens with one attached hydrogen (secondary N) is 1. The van der Waals surface area contributed by atoms with Crippen molar-refractivity contribution < 1.29 is 32.2 Å². The topological polar surface area (TPSA) is 114 Å². The summed E-state index contributed by atoms with van der Waals surface area (Å²) in [5, 5.41) is 3.09. The molecular formula is C34H43N3O7S. The predicted octanol–water partition coefficient (Wildman–Crippen LogP) is 5.08. The second-order valence-corrected chi connectivity index (χ2v) is 12.9. The Kier molecular flexibility index (Phi) is 11.3. The number of methoxy groups -OCH3 is 2. The van der Waals surface area contributed by atoms with Gasteiger partial charge in [0.1, 0.15) is 18.3 Å². The van der Waals surface area contributed by atoms with E-state index >= 15 is 0 Å². The molecule has 0 spiro atoms. The Morgan fingerprint density at radius 3 is 2.24 bits per heavy atom. The Balaban J connectivity index is 1.73. The normalized spacial score (nSPS) is 14.0. The number of ether oxygens (including phenoxy) is 3. The molecule has 0 radical (unpaired) electrons. The fourth-order valence-corrected chi connectivity index (χ4v) is 6.88. The van der Waals surface area contributed by atoms with Gasteiger partial charge < -0.3 is 24.4 Å². The highest BCUT2D eigenvalue weighted by molar-refractivity contribution is 7.92. The third-order valence-electron chi connectivity index (χ3n) is 8.13. The van der Waals surface area contributed by atoms with Gasteiger partial charge in [-0.05, 0) is 81.1 Å². The lowest BCUT2D eigenvalue weighted by Crippen LogP contribution is -2.52. The van der Waals surface area contributed by atoms with Crippen LogP contribution >= 0.6 is 0 Å². The molecule has 10 nitrogen and oxygen atoms in total. The van der Waals surface area contributed by atoms with Crippen molar-refractivity contribution in [2.75, 3.05) is 31.7 Å². The van der Waals surface area contributed by atoms with Crippen LogP contribution in [0.1, 0.15) is 50.7 Å². The Morgan fingerprint density at radius 1 is 0.956 bits per heavy atom. The average Bonchev–Trinajstić information content (AvgIpc) is 3.56. The van der Waals surface area contributed by atoms with Crippen LogP contribution in [-0.2, 0) is 26.2 Å². The van der Waals surface area contributed by atoms with Crippen LogP contribution < -0.4 is 23.8 Å². The molecule has 1 N–H and O–H groups in total. The predicted molar refractivity (Wildman–Crippen MR) is 173 cm³/mol. The van der Waals surface area contributed by atoms with Gasteiger partial charge >= 0.3 is 0 Å². The lowest BCUT2D eigenvalue weighted by Gasteiger charge is -2.33. The molecule has 1 atom stereocenters. The van der Waals surface area contributed by atoms with E-state index in [4.69, 9.17) is 14.2 Å². The SMILES string of the molecule is CCOc1ccc(N(CC(=O)N(Cc2ccccc2C)[C@H](C)C(=O)NC2CCCC2)S(=O)(=O)c2ccc(OC)c(OC)c2)cc1. The van der Waals surface area contributed by atoms with Crippen molar-refractivity contribution in [3.8, 4) is 17.2 Å². The molecule has 1 fully saturated rings. The number of hydrogen-bond acceptors (Lipinski definition) is 7. The molecule has 0 saturated heterocycles. The van der Waals surface area contributed by atoms with Gasteiger partial charge in [0.2, 0.25) is 11.8 Å². The first-order valence-corrected chi connectivity index (χ1v) is 16.6. The Hall–Kier alpha value is -4.25. The summed E-state index contributed by atoms with van der Waals surface area (Å²) in [7, 11) is -1.42. The molecule has 1 aliphatic carbocycles. The van der Waals surface area contributed by atoms with Crippen molar-refractivity contribution in [2.45, 2.75) is 70.0 Å². The minimum absolute atomic E-state index is 0.0705. The van der Waals surface area contributed by atoms with E-state index in [2.05, 4.69) is 5.32 Å². The molecule has 0 aromatic heterocycles. The maximum absolute atomic E-state index is 14.3. The van der Waals surface area contributed by atoms with Gasteiger partial charge in [-0.1, -0.05) is 37.1 Å². The van der Waals surface area contributed by atoms with Gasteiger partial charge in [-0.3, -0.25) is 13.9 Å². The number of carbonyl (C=O) groups is 2. The first-order valence-electron chi connectivity index (χ1n) is 15.2. The number of hydrogen-bond donors (Lipinski definition) is 1. The van der Waals surface area contributed by atoms with Crippen LogP contribution in [0.5, 0.6) is 17.2 Å². The Bertz CT molecular complexity index is 1570. The van der Waals surface area contributed by atoms with Gasteiger partial charge in [0.15, 0.2) is 11.5 Å². The second-order valence-electron chi connectivity index (χ2n) is 11.1. The number of benzene rings is 3. The largest absolute Gasteiger partial charge is 0.494 e. The summed E-state index contributed by atoms with van der Waals surface area (Å²) in [5.74, 6) is 0.375. The average molecular weight is 638 g/mol. The molecule has 45 heavy (non-hydrogen) atoms. The fourth-order valence-electron chi connectivity index (χ4n) is 5.45. The monoisotopic (exact) mass is 637 g/mol. The fraction of sp³-hybridized carbons (Fsp3) is 0.412. The molecule has 11 heteroatoms. The van der Waals surface area contributed by atoms with Gasteiger partial charge in [-0.15, -0.1) is 0 Å². The minimum Gasteiger partial charge on any atom is -0.494 e. The molecule has 3 aromatic rings. The summed E-state index contributed by atoms with van der Waals surface area (Å²) in [5.41, 5.74) is 2.09. The maximum Gasteiger partial charge on any atom is 0.264 e. The highest BCUT2D eigenvalue weighted by Gasteiger charge is 2.34. The number of carbonyl (C=O) groups excluding carboxylic acids is 2. The van der Waals surface area contributed by atoms with E-state index in [1.54, 1.807) is 31.2 Å². The van der Waals surface area contributed by atoms with Crippen molar-refractivity contribution >= 4 is 27.5 Å². The number of anilines is 1. The zero-order valence-electron chi connectivity index (χ0n) is 26.6. The third kappa shape index (κ3) is 8.08. The summed E-state index contributed by atoms with van der Waals surface area (Å²) in [6.45, 7) is 5.52. The zero-order chi connectivity index (χ0) is 32.6. The summed E-state index contributed by atoms with van der Waals surface area (Å²) >= 11 is 0. The number of rotatable bonds is 14. The van der Waals surface area contributed by atoms with E-state index in [-0.39, 0.29) is 34.8 Å². The van der Waals surface area contributed by atoms with Crippen LogP contribution in [0.2, 0.25) is 0 Å². The summed E-state index contributed by atoms with van der Waals surface area (Å²) < 4.78 is 45.8. The summed E-state index contributed by atoms with van der Waals surface area (Å²) in [6.07, 6.45) is 3.91. The lowest BCUT2D eigenvalue weighted by molar-refractivity contribution is -0.139. The minimum atomic E-state index is -4.30. The van der Waals surface area contributed by atoms with E-state index < -0.39 is 28.5 Å². The Labute approximate surface area is 266 Å². The van der Waals surface area contributed by atoms with Gasteiger partial charge in [-0.25, -0.2) is 8.42 Å². The van der Waals surface area contributed by atoms with E-state index in [0.717, 1.165) is 41.1 Å². The summed E-state index contributed by atoms with van der Waals surface area (Å²) in [4.78, 5) is 29.1. The maximum atomic E-state index is 14.3.